The predicted molar refractivity (Wildman–Crippen MR) is 50.6 cm³/mol. The Hall–Kier alpha value is -0.180. The molecule has 0 saturated heterocycles. The van der Waals surface area contributed by atoms with Crippen LogP contribution in [0.4, 0.5) is 0 Å². The maximum absolute atomic E-state index is 10.4. The van der Waals surface area contributed by atoms with Gasteiger partial charge in [-0.15, -0.1) is 0 Å². The number of thiol groups is 1. The zero-order valence-electron chi connectivity index (χ0n) is 6.98. The third-order valence-corrected chi connectivity index (χ3v) is 1.00. The van der Waals surface area contributed by atoms with Crippen LogP contribution in [-0.4, -0.2) is 18.2 Å². The van der Waals surface area contributed by atoms with E-state index in [9.17, 15) is 4.79 Å². The fraction of sp³-hybridized carbons (Fsp3) is 0.857. The van der Waals surface area contributed by atoms with Gasteiger partial charge in [-0.25, -0.2) is 0 Å². The van der Waals surface area contributed by atoms with E-state index in [1.807, 2.05) is 20.8 Å². The Labute approximate surface area is 70.3 Å². The summed E-state index contributed by atoms with van der Waals surface area (Å²) in [6.45, 7) is 6.78. The summed E-state index contributed by atoms with van der Waals surface area (Å²) >= 11 is 3.78. The second kappa shape index (κ2) is 11.6. The van der Waals surface area contributed by atoms with Crippen LogP contribution in [0.1, 0.15) is 28.6 Å². The lowest BCUT2D eigenvalue weighted by Crippen LogP contribution is -2.24. The Kier molecular flexibility index (Phi) is 14.5. The smallest absolute Gasteiger partial charge is 0.229 e. The van der Waals surface area contributed by atoms with Gasteiger partial charge in [0.1, 0.15) is 0 Å². The van der Waals surface area contributed by atoms with Crippen LogP contribution in [0.2, 0.25) is 0 Å². The number of hydrogen-bond donors (Lipinski definition) is 2. The van der Waals surface area contributed by atoms with Crippen LogP contribution in [0.3, 0.4) is 0 Å². The molecule has 2 nitrogen and oxygen atoms in total. The highest BCUT2D eigenvalue weighted by Crippen LogP contribution is 1.74. The highest BCUT2D eigenvalue weighted by molar-refractivity contribution is 7.81. The summed E-state index contributed by atoms with van der Waals surface area (Å²) in [5, 5.41) is 2.67. The average Bonchev–Trinajstić information content (AvgIpc) is 2.04. The summed E-state index contributed by atoms with van der Waals surface area (Å²) < 4.78 is 0. The minimum Gasteiger partial charge on any atom is -0.355 e. The molecular formula is C7H19NOS. The van der Waals surface area contributed by atoms with E-state index >= 15 is 0 Å². The molecule has 0 spiro atoms. The Morgan fingerprint density at radius 3 is 2.40 bits per heavy atom. The number of rotatable bonds is 3. The minimum absolute atomic E-state index is 0. The Morgan fingerprint density at radius 2 is 2.10 bits per heavy atom. The zero-order valence-corrected chi connectivity index (χ0v) is 7.87. The summed E-state index contributed by atoms with van der Waals surface area (Å²) in [4.78, 5) is 10.4. The second-order valence-corrected chi connectivity index (χ2v) is 1.82. The standard InChI is InChI=1S/C5H11NOS.C2H6.H2/c1-2-3-6-5(7)4-8;1-2;/h8H,2-4H2,1H3,(H,6,7);1-2H3;1H. The third-order valence-electron chi connectivity index (χ3n) is 0.716. The minimum atomic E-state index is 0. The first kappa shape index (κ1) is 12.5. The molecule has 1 amide bonds. The van der Waals surface area contributed by atoms with Crippen molar-refractivity contribution in [2.75, 3.05) is 12.3 Å². The first-order valence-corrected chi connectivity index (χ1v) is 4.32. The molecule has 0 saturated carbocycles. The Morgan fingerprint density at radius 1 is 1.60 bits per heavy atom. The van der Waals surface area contributed by atoms with Crippen molar-refractivity contribution >= 4 is 18.5 Å². The number of nitrogens with one attached hydrogen (secondary N) is 1. The Bertz CT molecular complexity index is 80.8. The molecular weight excluding hydrogens is 146 g/mol. The van der Waals surface area contributed by atoms with Crippen molar-refractivity contribution in [3.05, 3.63) is 0 Å². The molecule has 1 N–H and O–H groups in total. The molecule has 0 aromatic rings. The fourth-order valence-electron chi connectivity index (χ4n) is 0.320. The summed E-state index contributed by atoms with van der Waals surface area (Å²) in [5.41, 5.74) is 0. The van der Waals surface area contributed by atoms with Crippen LogP contribution >= 0.6 is 12.6 Å². The van der Waals surface area contributed by atoms with Crippen LogP contribution < -0.4 is 5.32 Å². The summed E-state index contributed by atoms with van der Waals surface area (Å²) in [7, 11) is 0. The maximum Gasteiger partial charge on any atom is 0.229 e. The number of amides is 1. The van der Waals surface area contributed by atoms with Gasteiger partial charge in [0.05, 0.1) is 5.75 Å². The van der Waals surface area contributed by atoms with Crippen LogP contribution in [0.25, 0.3) is 0 Å². The van der Waals surface area contributed by atoms with Gasteiger partial charge in [-0.1, -0.05) is 20.8 Å². The van der Waals surface area contributed by atoms with E-state index in [2.05, 4.69) is 17.9 Å². The zero-order chi connectivity index (χ0) is 8.41. The molecule has 0 atom stereocenters. The van der Waals surface area contributed by atoms with Crippen molar-refractivity contribution in [3.8, 4) is 0 Å². The van der Waals surface area contributed by atoms with Gasteiger partial charge < -0.3 is 5.32 Å². The van der Waals surface area contributed by atoms with Gasteiger partial charge in [-0.3, -0.25) is 4.79 Å². The van der Waals surface area contributed by atoms with Gasteiger partial charge in [0.2, 0.25) is 5.91 Å². The van der Waals surface area contributed by atoms with Gasteiger partial charge >= 0.3 is 0 Å². The van der Waals surface area contributed by atoms with Crippen LogP contribution in [-0.2, 0) is 4.79 Å². The van der Waals surface area contributed by atoms with E-state index in [0.717, 1.165) is 13.0 Å². The van der Waals surface area contributed by atoms with E-state index in [0.29, 0.717) is 5.75 Å². The van der Waals surface area contributed by atoms with Crippen molar-refractivity contribution in [2.45, 2.75) is 27.2 Å². The quantitative estimate of drug-likeness (QED) is 0.613. The molecule has 10 heavy (non-hydrogen) atoms. The lowest BCUT2D eigenvalue weighted by atomic mass is 10.5. The number of carbonyl (C=O) groups excluding carboxylic acids is 1. The second-order valence-electron chi connectivity index (χ2n) is 1.51. The van der Waals surface area contributed by atoms with Gasteiger partial charge in [0, 0.05) is 7.97 Å². The molecule has 0 aromatic heterocycles. The topological polar surface area (TPSA) is 29.1 Å². The van der Waals surface area contributed by atoms with Crippen molar-refractivity contribution in [1.82, 2.24) is 5.32 Å². The molecule has 0 fully saturated rings. The molecule has 0 aromatic carbocycles. The van der Waals surface area contributed by atoms with Crippen molar-refractivity contribution in [2.24, 2.45) is 0 Å². The van der Waals surface area contributed by atoms with E-state index in [-0.39, 0.29) is 7.33 Å². The molecule has 0 aliphatic carbocycles. The first-order chi connectivity index (χ1) is 4.81. The molecule has 64 valence electrons. The highest BCUT2D eigenvalue weighted by atomic mass is 32.1. The number of hydrogen-bond acceptors (Lipinski definition) is 2. The average molecular weight is 165 g/mol. The van der Waals surface area contributed by atoms with E-state index in [1.165, 1.54) is 0 Å². The molecule has 0 aliphatic heterocycles. The number of carbonyl (C=O) groups is 1. The van der Waals surface area contributed by atoms with Crippen LogP contribution in [0.15, 0.2) is 0 Å². The molecule has 0 bridgehead atoms. The van der Waals surface area contributed by atoms with Crippen molar-refractivity contribution < 1.29 is 6.22 Å². The van der Waals surface area contributed by atoms with Crippen molar-refractivity contribution in [1.29, 1.82) is 0 Å². The summed E-state index contributed by atoms with van der Waals surface area (Å²) in [6, 6.07) is 0. The summed E-state index contributed by atoms with van der Waals surface area (Å²) in [6.07, 6.45) is 0.986. The predicted octanol–water partition coefficient (Wildman–Crippen LogP) is 1.71. The van der Waals surface area contributed by atoms with Gasteiger partial charge in [-0.2, -0.15) is 12.6 Å². The van der Waals surface area contributed by atoms with Gasteiger partial charge in [-0.05, 0) is 6.42 Å². The van der Waals surface area contributed by atoms with E-state index in [4.69, 9.17) is 0 Å². The summed E-state index contributed by atoms with van der Waals surface area (Å²) in [5.74, 6) is 0.301. The molecule has 0 radical (unpaired) electrons. The fourth-order valence-corrected chi connectivity index (χ4v) is 0.432. The molecule has 0 heterocycles. The first-order valence-electron chi connectivity index (χ1n) is 3.68. The normalized spacial score (nSPS) is 7.60. The Balaban J connectivity index is -0.000000196. The molecule has 3 heteroatoms. The van der Waals surface area contributed by atoms with Gasteiger partial charge in [0.25, 0.3) is 0 Å². The van der Waals surface area contributed by atoms with Gasteiger partial charge in [0.15, 0.2) is 0 Å². The molecule has 0 rings (SSSR count). The van der Waals surface area contributed by atoms with Crippen LogP contribution in [0, 0.1) is 0 Å². The SMILES string of the molecule is CC.CCCNC(=O)CS.[HH]. The molecule has 0 unspecified atom stereocenters. The highest BCUT2D eigenvalue weighted by Gasteiger charge is 1.91. The van der Waals surface area contributed by atoms with Crippen molar-refractivity contribution in [3.63, 3.8) is 0 Å². The monoisotopic (exact) mass is 165 g/mol. The van der Waals surface area contributed by atoms with E-state index in [1.54, 1.807) is 0 Å². The lowest BCUT2D eigenvalue weighted by Gasteiger charge is -1.96. The molecule has 0 aliphatic rings. The van der Waals surface area contributed by atoms with Crippen LogP contribution in [0.5, 0.6) is 0 Å². The maximum atomic E-state index is 10.4. The largest absolute Gasteiger partial charge is 0.355 e. The lowest BCUT2D eigenvalue weighted by molar-refractivity contribution is -0.118. The van der Waals surface area contributed by atoms with E-state index < -0.39 is 0 Å². The third kappa shape index (κ3) is 10.7.